The van der Waals surface area contributed by atoms with Crippen molar-refractivity contribution in [2.24, 2.45) is 0 Å². The van der Waals surface area contributed by atoms with E-state index in [4.69, 9.17) is 9.47 Å². The molecule has 2 aromatic rings. The quantitative estimate of drug-likeness (QED) is 0.688. The second kappa shape index (κ2) is 8.23. The van der Waals surface area contributed by atoms with Crippen LogP contribution in [0.4, 0.5) is 13.2 Å². The second-order valence-corrected chi connectivity index (χ2v) is 6.49. The molecule has 0 aromatic heterocycles. The molecule has 140 valence electrons. The van der Waals surface area contributed by atoms with Crippen LogP contribution >= 0.6 is 0 Å². The van der Waals surface area contributed by atoms with Gasteiger partial charge >= 0.3 is 0 Å². The first-order chi connectivity index (χ1) is 12.5. The summed E-state index contributed by atoms with van der Waals surface area (Å²) in [5.74, 6) is -2.40. The lowest BCUT2D eigenvalue weighted by molar-refractivity contribution is -0.164. The van der Waals surface area contributed by atoms with Crippen molar-refractivity contribution in [3.05, 3.63) is 58.9 Å². The average Bonchev–Trinajstić information content (AvgIpc) is 2.65. The summed E-state index contributed by atoms with van der Waals surface area (Å²) in [6, 6.07) is 7.62. The van der Waals surface area contributed by atoms with Crippen LogP contribution in [-0.4, -0.2) is 19.5 Å². The van der Waals surface area contributed by atoms with E-state index >= 15 is 0 Å². The number of halogens is 3. The first-order valence-corrected chi connectivity index (χ1v) is 9.05. The summed E-state index contributed by atoms with van der Waals surface area (Å²) in [6.45, 7) is 4.71. The van der Waals surface area contributed by atoms with Crippen LogP contribution in [0.5, 0.6) is 0 Å². The van der Waals surface area contributed by atoms with Gasteiger partial charge in [-0.05, 0) is 43.4 Å². The number of ether oxygens (including phenoxy) is 2. The molecule has 2 atom stereocenters. The van der Waals surface area contributed by atoms with Crippen molar-refractivity contribution in [3.63, 3.8) is 0 Å². The normalized spacial score (nSPS) is 20.3. The van der Waals surface area contributed by atoms with Crippen LogP contribution in [0.3, 0.4) is 0 Å². The Bertz CT molecular complexity index is 768. The maximum Gasteiger partial charge on any atom is 0.167 e. The maximum atomic E-state index is 14.6. The van der Waals surface area contributed by atoms with Gasteiger partial charge in [0.15, 0.2) is 17.9 Å². The minimum Gasteiger partial charge on any atom is -0.353 e. The van der Waals surface area contributed by atoms with E-state index in [0.29, 0.717) is 19.6 Å². The van der Waals surface area contributed by atoms with E-state index in [9.17, 15) is 13.2 Å². The topological polar surface area (TPSA) is 18.5 Å². The molecule has 5 heteroatoms. The molecule has 1 aliphatic heterocycles. The highest BCUT2D eigenvalue weighted by atomic mass is 19.2. The molecule has 1 fully saturated rings. The third-order valence-corrected chi connectivity index (χ3v) is 4.88. The molecule has 0 spiro atoms. The van der Waals surface area contributed by atoms with Crippen LogP contribution in [0.25, 0.3) is 11.1 Å². The second-order valence-electron chi connectivity index (χ2n) is 6.49. The molecule has 0 N–H and O–H groups in total. The van der Waals surface area contributed by atoms with Gasteiger partial charge in [0.2, 0.25) is 0 Å². The smallest absolute Gasteiger partial charge is 0.167 e. The molecule has 0 saturated carbocycles. The number of rotatable bonds is 5. The van der Waals surface area contributed by atoms with Gasteiger partial charge in [-0.3, -0.25) is 0 Å². The third kappa shape index (κ3) is 3.79. The molecule has 1 saturated heterocycles. The van der Waals surface area contributed by atoms with Gasteiger partial charge in [-0.2, -0.15) is 0 Å². The Morgan fingerprint density at radius 2 is 1.77 bits per heavy atom. The van der Waals surface area contributed by atoms with E-state index in [1.54, 1.807) is 13.0 Å². The SMILES string of the molecule is CCOC1CCC(c2ccc(-c3ccc(CC)c(F)c3F)c(F)c2)CO1. The Kier molecular flexibility index (Phi) is 5.99. The van der Waals surface area contributed by atoms with Gasteiger partial charge in [-0.15, -0.1) is 0 Å². The summed E-state index contributed by atoms with van der Waals surface area (Å²) in [7, 11) is 0. The summed E-state index contributed by atoms with van der Waals surface area (Å²) < 4.78 is 54.0. The average molecular weight is 364 g/mol. The molecule has 2 nitrogen and oxygen atoms in total. The number of hydrogen-bond acceptors (Lipinski definition) is 2. The third-order valence-electron chi connectivity index (χ3n) is 4.88. The van der Waals surface area contributed by atoms with Gasteiger partial charge in [0, 0.05) is 23.7 Å². The molecule has 26 heavy (non-hydrogen) atoms. The fraction of sp³-hybridized carbons (Fsp3) is 0.429. The highest BCUT2D eigenvalue weighted by Gasteiger charge is 2.24. The molecular formula is C21H23F3O2. The largest absolute Gasteiger partial charge is 0.353 e. The van der Waals surface area contributed by atoms with E-state index in [1.165, 1.54) is 24.3 Å². The summed E-state index contributed by atoms with van der Waals surface area (Å²) in [5.41, 5.74) is 1.09. The molecule has 0 bridgehead atoms. The van der Waals surface area contributed by atoms with Crippen LogP contribution < -0.4 is 0 Å². The molecule has 1 aliphatic rings. The zero-order chi connectivity index (χ0) is 18.7. The molecule has 2 unspecified atom stereocenters. The minimum atomic E-state index is -1.00. The lowest BCUT2D eigenvalue weighted by Gasteiger charge is -2.29. The van der Waals surface area contributed by atoms with Gasteiger partial charge in [0.1, 0.15) is 5.82 Å². The molecule has 0 amide bonds. The first kappa shape index (κ1) is 18.9. The number of hydrogen-bond donors (Lipinski definition) is 0. The highest BCUT2D eigenvalue weighted by molar-refractivity contribution is 5.66. The van der Waals surface area contributed by atoms with Gasteiger partial charge in [0.05, 0.1) is 6.61 Å². The first-order valence-electron chi connectivity index (χ1n) is 9.05. The van der Waals surface area contributed by atoms with E-state index in [0.717, 1.165) is 18.4 Å². The Morgan fingerprint density at radius 3 is 2.38 bits per heavy atom. The Hall–Kier alpha value is -1.85. The summed E-state index contributed by atoms with van der Waals surface area (Å²) in [4.78, 5) is 0. The number of aryl methyl sites for hydroxylation is 1. The molecule has 1 heterocycles. The zero-order valence-electron chi connectivity index (χ0n) is 15.0. The molecule has 3 rings (SSSR count). The highest BCUT2D eigenvalue weighted by Crippen LogP contribution is 2.33. The summed E-state index contributed by atoms with van der Waals surface area (Å²) in [6.07, 6.45) is 1.77. The molecule has 2 aromatic carbocycles. The van der Waals surface area contributed by atoms with Crippen LogP contribution in [-0.2, 0) is 15.9 Å². The molecule has 0 aliphatic carbocycles. The van der Waals surface area contributed by atoms with Crippen molar-refractivity contribution in [1.29, 1.82) is 0 Å². The fourth-order valence-electron chi connectivity index (χ4n) is 3.38. The Morgan fingerprint density at radius 1 is 1.00 bits per heavy atom. The van der Waals surface area contributed by atoms with Crippen molar-refractivity contribution < 1.29 is 22.6 Å². The van der Waals surface area contributed by atoms with Gasteiger partial charge in [-0.25, -0.2) is 13.2 Å². The van der Waals surface area contributed by atoms with Crippen molar-refractivity contribution in [1.82, 2.24) is 0 Å². The maximum absolute atomic E-state index is 14.6. The van der Waals surface area contributed by atoms with E-state index < -0.39 is 17.5 Å². The van der Waals surface area contributed by atoms with Crippen LogP contribution in [0.15, 0.2) is 30.3 Å². The van der Waals surface area contributed by atoms with E-state index in [1.807, 2.05) is 6.92 Å². The standard InChI is InChI=1S/C21H23F3O2/c1-3-13-5-9-17(21(24)20(13)23)16-8-6-14(11-18(16)22)15-7-10-19(25-4-2)26-12-15/h5-6,8-9,11,15,19H,3-4,7,10,12H2,1-2H3. The lowest BCUT2D eigenvalue weighted by Crippen LogP contribution is -2.27. The van der Waals surface area contributed by atoms with Crippen LogP contribution in [0, 0.1) is 17.5 Å². The van der Waals surface area contributed by atoms with E-state index in [2.05, 4.69) is 0 Å². The predicted molar refractivity (Wildman–Crippen MR) is 94.5 cm³/mol. The Balaban J connectivity index is 1.82. The minimum absolute atomic E-state index is 0.0555. The fourth-order valence-corrected chi connectivity index (χ4v) is 3.38. The molecular weight excluding hydrogens is 341 g/mol. The van der Waals surface area contributed by atoms with Crippen LogP contribution in [0.2, 0.25) is 0 Å². The zero-order valence-corrected chi connectivity index (χ0v) is 15.0. The number of benzene rings is 2. The summed E-state index contributed by atoms with van der Waals surface area (Å²) in [5, 5.41) is 0. The summed E-state index contributed by atoms with van der Waals surface area (Å²) >= 11 is 0. The Labute approximate surface area is 151 Å². The van der Waals surface area contributed by atoms with Gasteiger partial charge < -0.3 is 9.47 Å². The monoisotopic (exact) mass is 364 g/mol. The predicted octanol–water partition coefficient (Wildman–Crippen LogP) is 5.59. The lowest BCUT2D eigenvalue weighted by atomic mass is 9.91. The van der Waals surface area contributed by atoms with E-state index in [-0.39, 0.29) is 28.9 Å². The van der Waals surface area contributed by atoms with Crippen molar-refractivity contribution in [3.8, 4) is 11.1 Å². The van der Waals surface area contributed by atoms with Crippen LogP contribution in [0.1, 0.15) is 43.7 Å². The van der Waals surface area contributed by atoms with Gasteiger partial charge in [0.25, 0.3) is 0 Å². The van der Waals surface area contributed by atoms with Crippen molar-refractivity contribution in [2.45, 2.75) is 45.3 Å². The molecule has 0 radical (unpaired) electrons. The van der Waals surface area contributed by atoms with Crippen molar-refractivity contribution in [2.75, 3.05) is 13.2 Å². The van der Waals surface area contributed by atoms with Crippen molar-refractivity contribution >= 4 is 0 Å². The van der Waals surface area contributed by atoms with Gasteiger partial charge in [-0.1, -0.05) is 31.2 Å².